The molecule has 1 aliphatic heterocycles. The Morgan fingerprint density at radius 1 is 1.23 bits per heavy atom. The molecular weight excluding hydrogens is 445 g/mol. The van der Waals surface area contributed by atoms with Crippen LogP contribution in [0, 0.1) is 0 Å². The number of fused-ring (bicyclic) bond motifs is 1. The van der Waals surface area contributed by atoms with Crippen molar-refractivity contribution in [1.82, 2.24) is 10.6 Å². The number of rotatable bonds is 7. The van der Waals surface area contributed by atoms with E-state index < -0.39 is 0 Å². The molecule has 2 aromatic rings. The highest BCUT2D eigenvalue weighted by Crippen LogP contribution is 2.32. The average Bonchev–Trinajstić information content (AvgIpc) is 3.30. The lowest BCUT2D eigenvalue weighted by Crippen LogP contribution is -2.42. The second-order valence-electron chi connectivity index (χ2n) is 6.06. The molecule has 1 atom stereocenters. The van der Waals surface area contributed by atoms with Gasteiger partial charge in [-0.2, -0.15) is 0 Å². The molecule has 2 heterocycles. The number of guanidine groups is 1. The van der Waals surface area contributed by atoms with Gasteiger partial charge in [0.15, 0.2) is 17.5 Å². The van der Waals surface area contributed by atoms with E-state index in [0.29, 0.717) is 12.6 Å². The summed E-state index contributed by atoms with van der Waals surface area (Å²) in [5, 5.41) is 6.79. The number of furan rings is 1. The molecule has 0 saturated carbocycles. The molecule has 7 heteroatoms. The lowest BCUT2D eigenvalue weighted by molar-refractivity contribution is 0.174. The van der Waals surface area contributed by atoms with Crippen molar-refractivity contribution in [2.45, 2.75) is 39.3 Å². The van der Waals surface area contributed by atoms with Crippen LogP contribution in [0.25, 0.3) is 0 Å². The highest BCUT2D eigenvalue weighted by Gasteiger charge is 2.13. The number of ether oxygens (including phenoxy) is 2. The Bertz CT molecular complexity index is 704. The Labute approximate surface area is 171 Å². The molecule has 0 aliphatic carbocycles. The minimum atomic E-state index is 0. The molecule has 26 heavy (non-hydrogen) atoms. The smallest absolute Gasteiger partial charge is 0.231 e. The van der Waals surface area contributed by atoms with Crippen molar-refractivity contribution in [1.29, 1.82) is 0 Å². The van der Waals surface area contributed by atoms with E-state index in [1.54, 1.807) is 6.26 Å². The van der Waals surface area contributed by atoms with E-state index >= 15 is 0 Å². The Hall–Kier alpha value is -1.90. The Morgan fingerprint density at radius 3 is 2.85 bits per heavy atom. The Balaban J connectivity index is 0.00000243. The third-order valence-corrected chi connectivity index (χ3v) is 4.10. The fourth-order valence-corrected chi connectivity index (χ4v) is 2.46. The topological polar surface area (TPSA) is 68.0 Å². The first-order chi connectivity index (χ1) is 12.2. The fourth-order valence-electron chi connectivity index (χ4n) is 2.46. The highest BCUT2D eigenvalue weighted by atomic mass is 127. The Kier molecular flexibility index (Phi) is 8.08. The van der Waals surface area contributed by atoms with Crippen LogP contribution in [0.2, 0.25) is 0 Å². The zero-order valence-corrected chi connectivity index (χ0v) is 17.5. The number of aliphatic imine (C=N–C) groups is 1. The van der Waals surface area contributed by atoms with Crippen LogP contribution in [0.1, 0.15) is 31.6 Å². The first-order valence-electron chi connectivity index (χ1n) is 8.70. The summed E-state index contributed by atoms with van der Waals surface area (Å²) in [5.41, 5.74) is 1.08. The molecule has 0 fully saturated rings. The van der Waals surface area contributed by atoms with E-state index in [4.69, 9.17) is 18.9 Å². The van der Waals surface area contributed by atoms with Crippen LogP contribution in [-0.2, 0) is 13.0 Å². The van der Waals surface area contributed by atoms with Gasteiger partial charge in [0.1, 0.15) is 5.76 Å². The maximum absolute atomic E-state index is 5.42. The lowest BCUT2D eigenvalue weighted by Gasteiger charge is -2.17. The molecule has 0 radical (unpaired) electrons. The van der Waals surface area contributed by atoms with Crippen LogP contribution in [0.3, 0.4) is 0 Å². The maximum atomic E-state index is 5.42. The van der Waals surface area contributed by atoms with E-state index in [0.717, 1.165) is 48.2 Å². The van der Waals surface area contributed by atoms with Gasteiger partial charge in [-0.05, 0) is 43.2 Å². The molecule has 1 aromatic carbocycles. The monoisotopic (exact) mass is 471 g/mol. The zero-order valence-electron chi connectivity index (χ0n) is 15.2. The molecule has 1 aliphatic rings. The van der Waals surface area contributed by atoms with Crippen LogP contribution in [0.15, 0.2) is 46.0 Å². The number of nitrogens with one attached hydrogen (secondary N) is 2. The molecule has 0 amide bonds. The molecule has 1 unspecified atom stereocenters. The van der Waals surface area contributed by atoms with Crippen LogP contribution >= 0.6 is 24.0 Å². The van der Waals surface area contributed by atoms with Crippen molar-refractivity contribution in [3.63, 3.8) is 0 Å². The van der Waals surface area contributed by atoms with Gasteiger partial charge in [-0.15, -0.1) is 24.0 Å². The van der Waals surface area contributed by atoms with Crippen molar-refractivity contribution < 1.29 is 13.9 Å². The van der Waals surface area contributed by atoms with Crippen molar-refractivity contribution in [3.8, 4) is 11.5 Å². The fraction of sp³-hybridized carbons (Fsp3) is 0.421. The van der Waals surface area contributed by atoms with Gasteiger partial charge in [-0.3, -0.25) is 0 Å². The summed E-state index contributed by atoms with van der Waals surface area (Å²) in [6, 6.07) is 10.2. The van der Waals surface area contributed by atoms with E-state index in [2.05, 4.69) is 24.5 Å². The van der Waals surface area contributed by atoms with Crippen LogP contribution in [0.4, 0.5) is 0 Å². The maximum Gasteiger partial charge on any atom is 0.231 e. The molecule has 6 nitrogen and oxygen atoms in total. The number of nitrogens with zero attached hydrogens (tertiary/aromatic N) is 1. The molecule has 0 spiro atoms. The van der Waals surface area contributed by atoms with Crippen molar-refractivity contribution in [2.24, 2.45) is 4.99 Å². The molecule has 0 saturated heterocycles. The van der Waals surface area contributed by atoms with E-state index in [1.165, 1.54) is 0 Å². The Morgan fingerprint density at radius 2 is 2.08 bits per heavy atom. The van der Waals surface area contributed by atoms with E-state index in [1.807, 2.05) is 30.3 Å². The molecule has 0 bridgehead atoms. The number of halogens is 1. The summed E-state index contributed by atoms with van der Waals surface area (Å²) in [7, 11) is 0. The minimum Gasteiger partial charge on any atom is -0.469 e. The van der Waals surface area contributed by atoms with E-state index in [-0.39, 0.29) is 30.8 Å². The van der Waals surface area contributed by atoms with Gasteiger partial charge in [-0.25, -0.2) is 4.99 Å². The first kappa shape index (κ1) is 20.4. The quantitative estimate of drug-likeness (QED) is 0.366. The van der Waals surface area contributed by atoms with Gasteiger partial charge in [0.2, 0.25) is 6.79 Å². The normalized spacial score (nSPS) is 13.8. The summed E-state index contributed by atoms with van der Waals surface area (Å²) in [6.07, 6.45) is 3.54. The van der Waals surface area contributed by atoms with Gasteiger partial charge < -0.3 is 24.5 Å². The van der Waals surface area contributed by atoms with Crippen LogP contribution in [-0.4, -0.2) is 25.3 Å². The van der Waals surface area contributed by atoms with Gasteiger partial charge in [-0.1, -0.05) is 13.0 Å². The summed E-state index contributed by atoms with van der Waals surface area (Å²) < 4.78 is 16.1. The summed E-state index contributed by atoms with van der Waals surface area (Å²) in [4.78, 5) is 4.69. The summed E-state index contributed by atoms with van der Waals surface area (Å²) in [6.45, 7) is 5.91. The molecule has 2 N–H and O–H groups in total. The molecular formula is C19H26IN3O3. The van der Waals surface area contributed by atoms with Crippen molar-refractivity contribution >= 4 is 29.9 Å². The summed E-state index contributed by atoms with van der Waals surface area (Å²) >= 11 is 0. The van der Waals surface area contributed by atoms with Crippen molar-refractivity contribution in [2.75, 3.05) is 13.3 Å². The van der Waals surface area contributed by atoms with Crippen LogP contribution < -0.4 is 20.1 Å². The number of benzene rings is 1. The second-order valence-corrected chi connectivity index (χ2v) is 6.06. The molecule has 1 aromatic heterocycles. The number of hydrogen-bond acceptors (Lipinski definition) is 4. The summed E-state index contributed by atoms with van der Waals surface area (Å²) in [5.74, 6) is 3.35. The van der Waals surface area contributed by atoms with E-state index in [9.17, 15) is 0 Å². The van der Waals surface area contributed by atoms with Gasteiger partial charge in [0.25, 0.3) is 0 Å². The third kappa shape index (κ3) is 5.82. The van der Waals surface area contributed by atoms with Crippen LogP contribution in [0.5, 0.6) is 11.5 Å². The average molecular weight is 471 g/mol. The van der Waals surface area contributed by atoms with Gasteiger partial charge in [0.05, 0.1) is 12.8 Å². The second kappa shape index (κ2) is 10.3. The largest absolute Gasteiger partial charge is 0.469 e. The molecule has 142 valence electrons. The van der Waals surface area contributed by atoms with Gasteiger partial charge >= 0.3 is 0 Å². The standard InChI is InChI=1S/C19H25N3O3.HI/c1-3-14(2)22-19(20-9-8-16-5-4-10-23-16)21-12-15-6-7-17-18(11-15)25-13-24-17;/h4-7,10-11,14H,3,8-9,12-13H2,1-2H3,(H2,20,21,22);1H. The number of hydrogen-bond donors (Lipinski definition) is 2. The first-order valence-corrected chi connectivity index (χ1v) is 8.70. The predicted octanol–water partition coefficient (Wildman–Crippen LogP) is 3.70. The zero-order chi connectivity index (χ0) is 17.5. The third-order valence-electron chi connectivity index (χ3n) is 4.10. The minimum absolute atomic E-state index is 0. The SMILES string of the molecule is CCC(C)NC(=NCc1ccc2c(c1)OCO2)NCCc1ccco1.I. The predicted molar refractivity (Wildman–Crippen MR) is 112 cm³/mol. The highest BCUT2D eigenvalue weighted by molar-refractivity contribution is 14.0. The van der Waals surface area contributed by atoms with Gasteiger partial charge in [0, 0.05) is 19.0 Å². The van der Waals surface area contributed by atoms with Crippen molar-refractivity contribution in [3.05, 3.63) is 47.9 Å². The molecule has 3 rings (SSSR count). The lowest BCUT2D eigenvalue weighted by atomic mass is 10.2.